The smallest absolute Gasteiger partial charge is 0.251 e. The van der Waals surface area contributed by atoms with E-state index in [2.05, 4.69) is 15.3 Å². The molecule has 0 aliphatic rings. The summed E-state index contributed by atoms with van der Waals surface area (Å²) in [6.45, 7) is 2.30. The number of hydrogen-bond donors (Lipinski definition) is 2. The number of fused-ring (bicyclic) bond motifs is 1. The van der Waals surface area contributed by atoms with Crippen molar-refractivity contribution in [1.29, 1.82) is 0 Å². The standard InChI is InChI=1S/C12H15N3O2S/c1-2-18(17)6-5-13-12(16)9-3-4-10-11(7-9)15-8-14-10/h3-4,7-8H,2,5-6H2,1H3,(H,13,16)(H,14,15). The molecule has 0 aliphatic carbocycles. The van der Waals surface area contributed by atoms with Gasteiger partial charge in [-0.25, -0.2) is 4.98 Å². The van der Waals surface area contributed by atoms with Crippen molar-refractivity contribution in [3.05, 3.63) is 30.1 Å². The lowest BCUT2D eigenvalue weighted by molar-refractivity contribution is 0.0956. The van der Waals surface area contributed by atoms with Crippen LogP contribution in [0.1, 0.15) is 17.3 Å². The Labute approximate surface area is 107 Å². The molecule has 5 nitrogen and oxygen atoms in total. The van der Waals surface area contributed by atoms with Crippen molar-refractivity contribution in [2.75, 3.05) is 18.1 Å². The number of nitrogens with zero attached hydrogens (tertiary/aromatic N) is 1. The van der Waals surface area contributed by atoms with Crippen molar-refractivity contribution in [3.63, 3.8) is 0 Å². The van der Waals surface area contributed by atoms with Gasteiger partial charge in [0.25, 0.3) is 5.91 Å². The molecule has 1 aromatic carbocycles. The van der Waals surface area contributed by atoms with Crippen LogP contribution < -0.4 is 5.32 Å². The van der Waals surface area contributed by atoms with Crippen LogP contribution in [0.25, 0.3) is 11.0 Å². The number of rotatable bonds is 5. The van der Waals surface area contributed by atoms with E-state index in [1.165, 1.54) is 0 Å². The molecule has 1 unspecified atom stereocenters. The van der Waals surface area contributed by atoms with E-state index in [0.29, 0.717) is 23.6 Å². The quantitative estimate of drug-likeness (QED) is 0.849. The summed E-state index contributed by atoms with van der Waals surface area (Å²) in [6, 6.07) is 5.29. The Morgan fingerprint density at radius 1 is 1.50 bits per heavy atom. The van der Waals surface area contributed by atoms with Crippen molar-refractivity contribution in [2.24, 2.45) is 0 Å². The van der Waals surface area contributed by atoms with Crippen molar-refractivity contribution < 1.29 is 9.00 Å². The number of carbonyl (C=O) groups is 1. The Bertz CT molecular complexity index is 579. The molecule has 2 aromatic rings. The molecular weight excluding hydrogens is 250 g/mol. The summed E-state index contributed by atoms with van der Waals surface area (Å²) in [5.41, 5.74) is 2.24. The highest BCUT2D eigenvalue weighted by atomic mass is 32.2. The molecule has 18 heavy (non-hydrogen) atoms. The molecule has 0 spiro atoms. The second kappa shape index (κ2) is 5.77. The molecule has 0 saturated carbocycles. The number of benzene rings is 1. The maximum atomic E-state index is 11.8. The van der Waals surface area contributed by atoms with Crippen molar-refractivity contribution in [3.8, 4) is 0 Å². The lowest BCUT2D eigenvalue weighted by Gasteiger charge is -2.04. The van der Waals surface area contributed by atoms with Gasteiger partial charge in [-0.05, 0) is 18.2 Å². The highest BCUT2D eigenvalue weighted by molar-refractivity contribution is 7.84. The molecule has 0 saturated heterocycles. The molecule has 0 fully saturated rings. The predicted molar refractivity (Wildman–Crippen MR) is 72.0 cm³/mol. The molecule has 1 aromatic heterocycles. The van der Waals surface area contributed by atoms with Crippen LogP contribution in [0.15, 0.2) is 24.5 Å². The minimum atomic E-state index is -0.847. The van der Waals surface area contributed by atoms with Gasteiger partial charge in [0.05, 0.1) is 17.4 Å². The van der Waals surface area contributed by atoms with Gasteiger partial charge in [-0.15, -0.1) is 0 Å². The van der Waals surface area contributed by atoms with Crippen molar-refractivity contribution in [1.82, 2.24) is 15.3 Å². The topological polar surface area (TPSA) is 74.8 Å². The third-order valence-corrected chi connectivity index (χ3v) is 3.92. The normalized spacial score (nSPS) is 12.5. The summed E-state index contributed by atoms with van der Waals surface area (Å²) in [5.74, 6) is 0.962. The van der Waals surface area contributed by atoms with Crippen molar-refractivity contribution in [2.45, 2.75) is 6.92 Å². The number of imidazole rings is 1. The van der Waals surface area contributed by atoms with Crippen LogP contribution >= 0.6 is 0 Å². The van der Waals surface area contributed by atoms with Gasteiger partial charge in [-0.3, -0.25) is 9.00 Å². The van der Waals surface area contributed by atoms with Crippen LogP contribution in [0.5, 0.6) is 0 Å². The molecule has 0 aliphatic heterocycles. The van der Waals surface area contributed by atoms with Gasteiger partial charge in [0, 0.05) is 34.4 Å². The molecule has 1 heterocycles. The molecule has 1 amide bonds. The van der Waals surface area contributed by atoms with Gasteiger partial charge < -0.3 is 10.3 Å². The molecule has 1 atom stereocenters. The minimum absolute atomic E-state index is 0.153. The first-order chi connectivity index (χ1) is 8.70. The summed E-state index contributed by atoms with van der Waals surface area (Å²) in [5, 5.41) is 2.75. The first-order valence-electron chi connectivity index (χ1n) is 5.77. The fraction of sp³-hybridized carbons (Fsp3) is 0.333. The van der Waals surface area contributed by atoms with Gasteiger partial charge in [-0.1, -0.05) is 6.92 Å². The zero-order chi connectivity index (χ0) is 13.0. The Morgan fingerprint density at radius 2 is 2.33 bits per heavy atom. The largest absolute Gasteiger partial charge is 0.351 e. The monoisotopic (exact) mass is 265 g/mol. The number of amides is 1. The van der Waals surface area contributed by atoms with E-state index in [4.69, 9.17) is 0 Å². The number of aromatic amines is 1. The maximum absolute atomic E-state index is 11.8. The third kappa shape index (κ3) is 2.95. The van der Waals surface area contributed by atoms with E-state index in [1.54, 1.807) is 24.5 Å². The van der Waals surface area contributed by atoms with E-state index in [9.17, 15) is 9.00 Å². The average Bonchev–Trinajstić information content (AvgIpc) is 2.85. The second-order valence-corrected chi connectivity index (χ2v) is 5.69. The lowest BCUT2D eigenvalue weighted by Crippen LogP contribution is -2.27. The van der Waals surface area contributed by atoms with Gasteiger partial charge in [0.2, 0.25) is 0 Å². The molecule has 0 bridgehead atoms. The number of H-pyrrole nitrogens is 1. The van der Waals surface area contributed by atoms with E-state index in [-0.39, 0.29) is 5.91 Å². The van der Waals surface area contributed by atoms with Gasteiger partial charge in [0.15, 0.2) is 0 Å². The summed E-state index contributed by atoms with van der Waals surface area (Å²) >= 11 is 0. The van der Waals surface area contributed by atoms with Crippen LogP contribution in [0, 0.1) is 0 Å². The minimum Gasteiger partial charge on any atom is -0.351 e. The van der Waals surface area contributed by atoms with Crippen LogP contribution in [0.3, 0.4) is 0 Å². The molecule has 2 rings (SSSR count). The van der Waals surface area contributed by atoms with Gasteiger partial charge in [0.1, 0.15) is 0 Å². The molecule has 0 radical (unpaired) electrons. The molecular formula is C12H15N3O2S. The first-order valence-corrected chi connectivity index (χ1v) is 7.26. The summed E-state index contributed by atoms with van der Waals surface area (Å²) in [4.78, 5) is 18.9. The summed E-state index contributed by atoms with van der Waals surface area (Å²) in [6.07, 6.45) is 1.59. The van der Waals surface area contributed by atoms with E-state index >= 15 is 0 Å². The van der Waals surface area contributed by atoms with E-state index in [1.807, 2.05) is 6.92 Å². The molecule has 96 valence electrons. The number of carbonyl (C=O) groups excluding carboxylic acids is 1. The lowest BCUT2D eigenvalue weighted by atomic mass is 10.2. The van der Waals surface area contributed by atoms with Crippen LogP contribution in [0.4, 0.5) is 0 Å². The highest BCUT2D eigenvalue weighted by Gasteiger charge is 2.07. The number of aromatic nitrogens is 2. The fourth-order valence-electron chi connectivity index (χ4n) is 1.60. The Kier molecular flexibility index (Phi) is 4.09. The van der Waals surface area contributed by atoms with Crippen molar-refractivity contribution >= 4 is 27.7 Å². The summed E-state index contributed by atoms with van der Waals surface area (Å²) < 4.78 is 11.2. The van der Waals surface area contributed by atoms with E-state index < -0.39 is 10.8 Å². The van der Waals surface area contributed by atoms with Crippen LogP contribution in [-0.2, 0) is 10.8 Å². The number of nitrogens with one attached hydrogen (secondary N) is 2. The zero-order valence-corrected chi connectivity index (χ0v) is 10.9. The van der Waals surface area contributed by atoms with Gasteiger partial charge in [-0.2, -0.15) is 0 Å². The second-order valence-electron chi connectivity index (χ2n) is 3.82. The van der Waals surface area contributed by atoms with Crippen LogP contribution in [0.2, 0.25) is 0 Å². The van der Waals surface area contributed by atoms with E-state index in [0.717, 1.165) is 11.0 Å². The first kappa shape index (κ1) is 12.8. The SMILES string of the molecule is CCS(=O)CCNC(=O)c1ccc2nc[nH]c2c1. The predicted octanol–water partition coefficient (Wildman–Crippen LogP) is 1.06. The Balaban J connectivity index is 1.97. The number of hydrogen-bond acceptors (Lipinski definition) is 3. The zero-order valence-electron chi connectivity index (χ0n) is 10.1. The van der Waals surface area contributed by atoms with Gasteiger partial charge >= 0.3 is 0 Å². The molecule has 2 N–H and O–H groups in total. The summed E-state index contributed by atoms with van der Waals surface area (Å²) in [7, 11) is -0.847. The Hall–Kier alpha value is -1.69. The van der Waals surface area contributed by atoms with Crippen LogP contribution in [-0.4, -0.2) is 38.1 Å². The fourth-order valence-corrected chi connectivity index (χ4v) is 2.22. The maximum Gasteiger partial charge on any atom is 0.251 e. The molecule has 6 heteroatoms. The third-order valence-electron chi connectivity index (χ3n) is 2.62. The average molecular weight is 265 g/mol. The Morgan fingerprint density at radius 3 is 3.11 bits per heavy atom. The highest BCUT2D eigenvalue weighted by Crippen LogP contribution is 2.11.